The van der Waals surface area contributed by atoms with Crippen LogP contribution < -0.4 is 10.6 Å². The topological polar surface area (TPSA) is 192 Å². The second-order valence-electron chi connectivity index (χ2n) is 12.8. The monoisotopic (exact) mass is 931 g/mol. The van der Waals surface area contributed by atoms with Gasteiger partial charge in [0.1, 0.15) is 32.9 Å². The molecule has 269 valence electrons. The van der Waals surface area contributed by atoms with Gasteiger partial charge in [-0.15, -0.1) is 8.46 Å². The predicted octanol–water partition coefficient (Wildman–Crippen LogP) is 0.545. The van der Waals surface area contributed by atoms with E-state index in [-0.39, 0.29) is 59.0 Å². The Morgan fingerprint density at radius 1 is 0.872 bits per heavy atom. The lowest BCUT2D eigenvalue weighted by Gasteiger charge is -2.32. The SMILES string of the molecule is [B]P(I)C(CC(=O)O)C(=O)NCCC[N+](C)(C)CC(O)COC(C)COCC(O)C[N+](C)(C)CCCNC(=O)C(CC(=O)O)P[B]I. The highest BCUT2D eigenvalue weighted by molar-refractivity contribution is 14.2. The molecule has 0 fully saturated rings. The zero-order chi connectivity index (χ0) is 36.2. The fourth-order valence-corrected chi connectivity index (χ4v) is 8.73. The Labute approximate surface area is 310 Å². The predicted molar refractivity (Wildman–Crippen MR) is 204 cm³/mol. The quantitative estimate of drug-likeness (QED) is 0.0213. The molecular formula is C27H53B2I2N4O10P2+2. The molecule has 0 aromatic rings. The second kappa shape index (κ2) is 25.1. The van der Waals surface area contributed by atoms with E-state index < -0.39 is 40.9 Å². The normalized spacial score (nSPS) is 16.2. The average Bonchev–Trinajstić information content (AvgIpc) is 2.93. The minimum absolute atomic E-state index is 0.117. The number of aliphatic hydroxyl groups excluding tert-OH is 2. The maximum atomic E-state index is 12.3. The number of carboxylic acid groups (broad SMARTS) is 2. The number of quaternary nitrogens is 2. The largest absolute Gasteiger partial charge is 0.481 e. The minimum atomic E-state index is -1.24. The number of nitrogens with zero attached hydrogens (tertiary/aromatic N) is 2. The Hall–Kier alpha value is 0.0899. The van der Waals surface area contributed by atoms with Crippen LogP contribution >= 0.6 is 58.3 Å². The Morgan fingerprint density at radius 2 is 1.36 bits per heavy atom. The van der Waals surface area contributed by atoms with Gasteiger partial charge in [-0.3, -0.25) is 19.2 Å². The number of hydrogen-bond acceptors (Lipinski definition) is 8. The van der Waals surface area contributed by atoms with Crippen LogP contribution in [0.5, 0.6) is 0 Å². The molecule has 7 unspecified atom stereocenters. The first-order valence-corrected chi connectivity index (χ1v) is 22.0. The van der Waals surface area contributed by atoms with Crippen molar-refractivity contribution in [3.63, 3.8) is 0 Å². The van der Waals surface area contributed by atoms with Crippen molar-refractivity contribution in [3.8, 4) is 0 Å². The van der Waals surface area contributed by atoms with Crippen LogP contribution in [0.1, 0.15) is 32.6 Å². The van der Waals surface area contributed by atoms with Gasteiger partial charge < -0.3 is 49.5 Å². The molecule has 6 N–H and O–H groups in total. The third-order valence-corrected chi connectivity index (χ3v) is 12.2. The van der Waals surface area contributed by atoms with E-state index in [0.717, 1.165) is 0 Å². The molecule has 0 rings (SSSR count). The van der Waals surface area contributed by atoms with Gasteiger partial charge in [-0.05, 0) is 6.92 Å². The van der Waals surface area contributed by atoms with Gasteiger partial charge in [0.25, 0.3) is 0 Å². The third-order valence-electron chi connectivity index (χ3n) is 7.05. The number of halogens is 2. The number of hydrogen-bond donors (Lipinski definition) is 6. The summed E-state index contributed by atoms with van der Waals surface area (Å²) < 4.78 is 12.4. The van der Waals surface area contributed by atoms with Crippen molar-refractivity contribution < 1.29 is 58.0 Å². The number of aliphatic carboxylic acids is 2. The first kappa shape index (κ1) is 47.1. The van der Waals surface area contributed by atoms with E-state index in [1.165, 1.54) is 0 Å². The number of carbonyl (C=O) groups excluding carboxylic acids is 2. The highest BCUT2D eigenvalue weighted by Gasteiger charge is 2.27. The van der Waals surface area contributed by atoms with E-state index in [4.69, 9.17) is 27.3 Å². The molecule has 0 saturated heterocycles. The van der Waals surface area contributed by atoms with Crippen molar-refractivity contribution in [1.82, 2.24) is 10.6 Å². The first-order chi connectivity index (χ1) is 21.8. The Balaban J connectivity index is 4.28. The van der Waals surface area contributed by atoms with Gasteiger partial charge in [0.2, 0.25) is 16.7 Å². The summed E-state index contributed by atoms with van der Waals surface area (Å²) in [5, 5.41) is 44.6. The van der Waals surface area contributed by atoms with Crippen LogP contribution in [-0.2, 0) is 28.7 Å². The van der Waals surface area contributed by atoms with Crippen LogP contribution in [0.2, 0.25) is 0 Å². The maximum Gasteiger partial charge on any atom is 0.304 e. The van der Waals surface area contributed by atoms with Gasteiger partial charge in [0, 0.05) is 25.9 Å². The van der Waals surface area contributed by atoms with E-state index >= 15 is 0 Å². The Bertz CT molecular complexity index is 963. The van der Waals surface area contributed by atoms with Crippen molar-refractivity contribution in [3.05, 3.63) is 0 Å². The van der Waals surface area contributed by atoms with E-state index in [1.54, 1.807) is 4.86 Å². The van der Waals surface area contributed by atoms with Crippen LogP contribution in [0.3, 0.4) is 0 Å². The van der Waals surface area contributed by atoms with Gasteiger partial charge in [-0.1, -0.05) is 27.5 Å². The second-order valence-corrected chi connectivity index (χ2v) is 20.6. The molecule has 47 heavy (non-hydrogen) atoms. The van der Waals surface area contributed by atoms with Crippen LogP contribution in [-0.4, -0.2) is 182 Å². The molecule has 0 aliphatic heterocycles. The summed E-state index contributed by atoms with van der Waals surface area (Å²) in [4.78, 5) is 48.4. The number of aliphatic hydroxyl groups is 2. The van der Waals surface area contributed by atoms with Crippen molar-refractivity contribution in [2.75, 3.05) is 87.3 Å². The summed E-state index contributed by atoms with van der Waals surface area (Å²) >= 11 is 3.93. The number of nitrogens with one attached hydrogen (secondary N) is 2. The molecule has 0 aliphatic carbocycles. The molecule has 14 nitrogen and oxygen atoms in total. The number of carbonyl (C=O) groups is 4. The van der Waals surface area contributed by atoms with Crippen LogP contribution in [0, 0.1) is 0 Å². The van der Waals surface area contributed by atoms with Crippen molar-refractivity contribution in [2.24, 2.45) is 0 Å². The van der Waals surface area contributed by atoms with Crippen molar-refractivity contribution >= 4 is 94.5 Å². The third kappa shape index (κ3) is 24.8. The van der Waals surface area contributed by atoms with E-state index in [1.807, 2.05) is 79.5 Å². The van der Waals surface area contributed by atoms with E-state index in [2.05, 4.69) is 10.6 Å². The number of rotatable bonds is 28. The molecule has 0 aromatic carbocycles. The molecule has 0 aromatic heterocycles. The Kier molecular flexibility index (Phi) is 25.2. The number of likely N-dealkylation sites (N-methyl/N-ethyl adjacent to an activating group) is 2. The molecule has 2 amide bonds. The molecule has 20 heteroatoms. The molecule has 0 spiro atoms. The molecule has 3 radical (unpaired) electrons. The molecule has 0 saturated carbocycles. The molecule has 7 atom stereocenters. The van der Waals surface area contributed by atoms with E-state index in [9.17, 15) is 29.4 Å². The Morgan fingerprint density at radius 3 is 1.83 bits per heavy atom. The minimum Gasteiger partial charge on any atom is -0.481 e. The molecular weight excluding hydrogens is 878 g/mol. The standard InChI is InChI=1S/C27H51B2I2N4O10P2/c1-19(45-18-21(37)15-35(4,5)11-7-9-33-27(43)23(47(28)31)13-25(40)41)16-44-17-20(36)14-34(2,3)10-6-8-32-26(42)22(46-29-30)12-24(38)39/h19-23,36-37,46H,6-18H2,1-5H3,(H2-2,32,33,38,39,40,41,42,43)/p+2. The van der Waals surface area contributed by atoms with Crippen LogP contribution in [0.25, 0.3) is 0 Å². The van der Waals surface area contributed by atoms with Gasteiger partial charge in [-0.2, -0.15) is 22.4 Å². The fraction of sp³-hybridized carbons (Fsp3) is 0.852. The lowest BCUT2D eigenvalue weighted by atomic mass is 10.2. The zero-order valence-corrected chi connectivity index (χ0v) is 34.3. The summed E-state index contributed by atoms with van der Waals surface area (Å²) in [6, 6.07) is 0. The molecule has 0 aliphatic rings. The van der Waals surface area contributed by atoms with Gasteiger partial charge in [0.05, 0.1) is 91.4 Å². The summed E-state index contributed by atoms with van der Waals surface area (Å²) in [5.74, 6) is -2.66. The van der Waals surface area contributed by atoms with Gasteiger partial charge in [-0.25, -0.2) is 0 Å². The first-order valence-electron chi connectivity index (χ1n) is 15.3. The highest BCUT2D eigenvalue weighted by Crippen LogP contribution is 2.46. The van der Waals surface area contributed by atoms with Gasteiger partial charge in [0.15, 0.2) is 0 Å². The molecule has 0 heterocycles. The maximum absolute atomic E-state index is 12.3. The summed E-state index contributed by atoms with van der Waals surface area (Å²) in [6.45, 7) is 5.38. The number of carboxylic acids is 2. The summed E-state index contributed by atoms with van der Waals surface area (Å²) in [6.07, 6.45) is -0.900. The smallest absolute Gasteiger partial charge is 0.304 e. The lowest BCUT2D eigenvalue weighted by Crippen LogP contribution is -2.48. The molecule has 0 bridgehead atoms. The fourth-order valence-electron chi connectivity index (χ4n) is 4.74. The highest BCUT2D eigenvalue weighted by atomic mass is 127. The van der Waals surface area contributed by atoms with Crippen molar-refractivity contribution in [2.45, 2.75) is 62.2 Å². The summed E-state index contributed by atoms with van der Waals surface area (Å²) in [7, 11) is 13.9. The number of ether oxygens (including phenoxy) is 2. The van der Waals surface area contributed by atoms with Crippen LogP contribution in [0.4, 0.5) is 0 Å². The van der Waals surface area contributed by atoms with Gasteiger partial charge >= 0.3 is 11.9 Å². The summed E-state index contributed by atoms with van der Waals surface area (Å²) in [5.41, 5.74) is -2.54. The van der Waals surface area contributed by atoms with Crippen LogP contribution in [0.15, 0.2) is 0 Å². The van der Waals surface area contributed by atoms with E-state index in [0.29, 0.717) is 61.1 Å². The lowest BCUT2D eigenvalue weighted by molar-refractivity contribution is -0.893. The number of amides is 2. The average molecular weight is 931 g/mol. The van der Waals surface area contributed by atoms with Crippen molar-refractivity contribution in [1.29, 1.82) is 0 Å². The zero-order valence-electron chi connectivity index (χ0n) is 28.1.